The lowest BCUT2D eigenvalue weighted by Gasteiger charge is -2.29. The van der Waals surface area contributed by atoms with E-state index in [0.717, 1.165) is 35.1 Å². The van der Waals surface area contributed by atoms with Crippen molar-refractivity contribution in [3.05, 3.63) is 83.4 Å². The van der Waals surface area contributed by atoms with Crippen LogP contribution >= 0.6 is 0 Å². The van der Waals surface area contributed by atoms with E-state index in [1.54, 1.807) is 0 Å². The number of rotatable bonds is 9. The third-order valence-electron chi connectivity index (χ3n) is 7.34. The second-order valence-corrected chi connectivity index (χ2v) is 8.98. The highest BCUT2D eigenvalue weighted by atomic mass is 16.5. The van der Waals surface area contributed by atoms with E-state index < -0.39 is 5.60 Å². The molecule has 0 bridgehead atoms. The minimum atomic E-state index is -0.885. The van der Waals surface area contributed by atoms with E-state index in [1.165, 1.54) is 0 Å². The Morgan fingerprint density at radius 3 is 2.06 bits per heavy atom. The number of nitriles is 1. The average Bonchev–Trinajstić information content (AvgIpc) is 2.88. The predicted octanol–water partition coefficient (Wildman–Crippen LogP) is 8.10. The van der Waals surface area contributed by atoms with E-state index in [1.807, 2.05) is 80.6 Å². The molecule has 0 aliphatic heterocycles. The fourth-order valence-corrected chi connectivity index (χ4v) is 4.39. The first-order valence-electron chi connectivity index (χ1n) is 12.0. The minimum Gasteiger partial charge on any atom is -0.455 e. The van der Waals surface area contributed by atoms with Crippen LogP contribution in [-0.4, -0.2) is 5.11 Å². The Hall–Kier alpha value is -3.09. The van der Waals surface area contributed by atoms with Gasteiger partial charge in [0.15, 0.2) is 0 Å². The lowest BCUT2D eigenvalue weighted by atomic mass is 9.76. The Morgan fingerprint density at radius 1 is 0.818 bits per heavy atom. The van der Waals surface area contributed by atoms with E-state index in [4.69, 9.17) is 4.74 Å². The molecule has 33 heavy (non-hydrogen) atoms. The van der Waals surface area contributed by atoms with Crippen LogP contribution in [0.3, 0.4) is 0 Å². The third-order valence-corrected chi connectivity index (χ3v) is 7.34. The molecule has 1 N–H and O–H groups in total. The smallest absolute Gasteiger partial charge is 0.145 e. The van der Waals surface area contributed by atoms with Crippen LogP contribution in [0.1, 0.15) is 77.0 Å². The lowest BCUT2D eigenvalue weighted by Crippen LogP contribution is -2.23. The van der Waals surface area contributed by atoms with E-state index in [9.17, 15) is 10.4 Å². The summed E-state index contributed by atoms with van der Waals surface area (Å²) in [7, 11) is 0. The number of aliphatic hydroxyl groups is 1. The van der Waals surface area contributed by atoms with Gasteiger partial charge in [0, 0.05) is 5.56 Å². The van der Waals surface area contributed by atoms with Crippen LogP contribution in [0.2, 0.25) is 0 Å². The second kappa shape index (κ2) is 10.2. The standard InChI is InChI=1S/C30H35NO2/c1-6-29(5,7-2)26-16-13-17-27(25(26)21-31)33-28-19-18-23(30(32,8-3)9-4)20-24(28)22-14-11-10-12-15-22/h10-20,32H,6-9H2,1-5H3. The summed E-state index contributed by atoms with van der Waals surface area (Å²) in [6, 6.07) is 24.2. The number of hydrogen-bond donors (Lipinski definition) is 1. The molecule has 0 radical (unpaired) electrons. The number of hydrogen-bond acceptors (Lipinski definition) is 3. The summed E-state index contributed by atoms with van der Waals surface area (Å²) in [5, 5.41) is 21.2. The summed E-state index contributed by atoms with van der Waals surface area (Å²) in [4.78, 5) is 0. The highest BCUT2D eigenvalue weighted by molar-refractivity contribution is 5.72. The first kappa shape index (κ1) is 24.6. The first-order chi connectivity index (χ1) is 15.9. The summed E-state index contributed by atoms with van der Waals surface area (Å²) >= 11 is 0. The highest BCUT2D eigenvalue weighted by Gasteiger charge is 2.28. The van der Waals surface area contributed by atoms with Gasteiger partial charge in [-0.1, -0.05) is 83.1 Å². The number of benzene rings is 3. The lowest BCUT2D eigenvalue weighted by molar-refractivity contribution is 0.0284. The van der Waals surface area contributed by atoms with Crippen molar-refractivity contribution in [3.8, 4) is 28.7 Å². The first-order valence-corrected chi connectivity index (χ1v) is 12.0. The van der Waals surface area contributed by atoms with Crippen molar-refractivity contribution in [1.29, 1.82) is 5.26 Å². The van der Waals surface area contributed by atoms with Gasteiger partial charge in [-0.2, -0.15) is 5.26 Å². The topological polar surface area (TPSA) is 53.2 Å². The molecule has 0 atom stereocenters. The van der Waals surface area contributed by atoms with Gasteiger partial charge in [-0.05, 0) is 66.0 Å². The monoisotopic (exact) mass is 441 g/mol. The Balaban J connectivity index is 2.16. The van der Waals surface area contributed by atoms with Crippen LogP contribution in [0.5, 0.6) is 11.5 Å². The molecule has 3 aromatic rings. The molecule has 0 saturated carbocycles. The molecular formula is C30H35NO2. The number of nitrogens with zero attached hydrogens (tertiary/aromatic N) is 1. The van der Waals surface area contributed by atoms with Crippen LogP contribution in [0, 0.1) is 11.3 Å². The van der Waals surface area contributed by atoms with E-state index in [2.05, 4.69) is 26.8 Å². The van der Waals surface area contributed by atoms with Crippen LogP contribution in [0.4, 0.5) is 0 Å². The van der Waals surface area contributed by atoms with Gasteiger partial charge in [-0.25, -0.2) is 0 Å². The molecule has 3 nitrogen and oxygen atoms in total. The molecule has 3 heteroatoms. The summed E-state index contributed by atoms with van der Waals surface area (Å²) < 4.78 is 6.44. The SMILES string of the molecule is CCC(C)(CC)c1cccc(Oc2ccc(C(O)(CC)CC)cc2-c2ccccc2)c1C#N. The average molecular weight is 442 g/mol. The zero-order valence-corrected chi connectivity index (χ0v) is 20.5. The van der Waals surface area contributed by atoms with E-state index in [0.29, 0.717) is 29.9 Å². The molecule has 0 aliphatic rings. The van der Waals surface area contributed by atoms with Crippen molar-refractivity contribution in [2.45, 2.75) is 71.3 Å². The maximum Gasteiger partial charge on any atom is 0.145 e. The molecule has 0 saturated heterocycles. The van der Waals surface area contributed by atoms with Gasteiger partial charge in [-0.15, -0.1) is 0 Å². The van der Waals surface area contributed by atoms with Crippen molar-refractivity contribution >= 4 is 0 Å². The molecule has 0 fully saturated rings. The van der Waals surface area contributed by atoms with Gasteiger partial charge >= 0.3 is 0 Å². The van der Waals surface area contributed by atoms with Crippen molar-refractivity contribution in [3.63, 3.8) is 0 Å². The fourth-order valence-electron chi connectivity index (χ4n) is 4.39. The van der Waals surface area contributed by atoms with Gasteiger partial charge in [0.2, 0.25) is 0 Å². The van der Waals surface area contributed by atoms with Crippen molar-refractivity contribution in [1.82, 2.24) is 0 Å². The van der Waals surface area contributed by atoms with Gasteiger partial charge < -0.3 is 9.84 Å². The normalized spacial score (nSPS) is 11.8. The Labute approximate surface area is 198 Å². The maximum absolute atomic E-state index is 11.1. The summed E-state index contributed by atoms with van der Waals surface area (Å²) in [6.07, 6.45) is 3.15. The van der Waals surface area contributed by atoms with E-state index >= 15 is 0 Å². The molecular weight excluding hydrogens is 406 g/mol. The Bertz CT molecular complexity index is 1120. The summed E-state index contributed by atoms with van der Waals surface area (Å²) in [5.74, 6) is 1.23. The van der Waals surface area contributed by atoms with Gasteiger partial charge in [0.25, 0.3) is 0 Å². The van der Waals surface area contributed by atoms with Gasteiger partial charge in [0.1, 0.15) is 17.6 Å². The van der Waals surface area contributed by atoms with Crippen LogP contribution in [0.15, 0.2) is 66.7 Å². The van der Waals surface area contributed by atoms with Crippen molar-refractivity contribution in [2.75, 3.05) is 0 Å². The zero-order chi connectivity index (χ0) is 24.1. The summed E-state index contributed by atoms with van der Waals surface area (Å²) in [6.45, 7) is 10.5. The van der Waals surface area contributed by atoms with Crippen LogP contribution in [-0.2, 0) is 11.0 Å². The van der Waals surface area contributed by atoms with Crippen molar-refractivity contribution in [2.24, 2.45) is 0 Å². The predicted molar refractivity (Wildman–Crippen MR) is 136 cm³/mol. The molecule has 3 aromatic carbocycles. The zero-order valence-electron chi connectivity index (χ0n) is 20.5. The minimum absolute atomic E-state index is 0.0880. The van der Waals surface area contributed by atoms with Crippen molar-refractivity contribution < 1.29 is 9.84 Å². The maximum atomic E-state index is 11.1. The van der Waals surface area contributed by atoms with Gasteiger partial charge in [-0.3, -0.25) is 0 Å². The molecule has 3 rings (SSSR count). The molecule has 0 heterocycles. The molecule has 0 aliphatic carbocycles. The molecule has 0 aromatic heterocycles. The summed E-state index contributed by atoms with van der Waals surface area (Å²) in [5.41, 5.74) is 3.42. The molecule has 172 valence electrons. The van der Waals surface area contributed by atoms with Crippen LogP contribution in [0.25, 0.3) is 11.1 Å². The quantitative estimate of drug-likeness (QED) is 0.365. The Kier molecular flexibility index (Phi) is 7.61. The van der Waals surface area contributed by atoms with Gasteiger partial charge in [0.05, 0.1) is 11.2 Å². The van der Waals surface area contributed by atoms with E-state index in [-0.39, 0.29) is 5.41 Å². The Morgan fingerprint density at radius 2 is 1.48 bits per heavy atom. The van der Waals surface area contributed by atoms with Crippen LogP contribution < -0.4 is 4.74 Å². The molecule has 0 amide bonds. The number of ether oxygens (including phenoxy) is 1. The molecule has 0 spiro atoms. The third kappa shape index (κ3) is 4.82. The second-order valence-electron chi connectivity index (χ2n) is 8.98. The molecule has 0 unspecified atom stereocenters. The highest BCUT2D eigenvalue weighted by Crippen LogP contribution is 2.41. The largest absolute Gasteiger partial charge is 0.455 e. The fraction of sp³-hybridized carbons (Fsp3) is 0.367.